The van der Waals surface area contributed by atoms with Gasteiger partial charge in [-0.3, -0.25) is 4.98 Å². The molecular weight excluding hydrogens is 358 g/mol. The van der Waals surface area contributed by atoms with E-state index in [1.807, 2.05) is 24.4 Å². The number of rotatable bonds is 4. The summed E-state index contributed by atoms with van der Waals surface area (Å²) in [6, 6.07) is 19.4. The van der Waals surface area contributed by atoms with Crippen molar-refractivity contribution >= 4 is 11.4 Å². The van der Waals surface area contributed by atoms with Crippen LogP contribution in [0.1, 0.15) is 55.4 Å². The summed E-state index contributed by atoms with van der Waals surface area (Å²) in [5.74, 6) is 1.59. The van der Waals surface area contributed by atoms with E-state index in [1.165, 1.54) is 43.2 Å². The minimum Gasteiger partial charge on any atom is -0.497 e. The molecule has 2 N–H and O–H groups in total. The number of hydrogen-bond donors (Lipinski definition) is 2. The third kappa shape index (κ3) is 3.67. The monoisotopic (exact) mass is 385 g/mol. The quantitative estimate of drug-likeness (QED) is 0.550. The Kier molecular flexibility index (Phi) is 4.84. The van der Waals surface area contributed by atoms with E-state index in [-0.39, 0.29) is 6.17 Å². The summed E-state index contributed by atoms with van der Waals surface area (Å²) in [7, 11) is 1.68. The molecule has 2 heterocycles. The van der Waals surface area contributed by atoms with Gasteiger partial charge in [0.2, 0.25) is 0 Å². The van der Waals surface area contributed by atoms with Crippen LogP contribution in [0.3, 0.4) is 0 Å². The summed E-state index contributed by atoms with van der Waals surface area (Å²) in [5, 5.41) is 6.95. The Morgan fingerprint density at radius 1 is 0.828 bits per heavy atom. The molecule has 1 saturated carbocycles. The van der Waals surface area contributed by atoms with Crippen LogP contribution in [0, 0.1) is 0 Å². The summed E-state index contributed by atoms with van der Waals surface area (Å²) in [6.07, 6.45) is 8.76. The Bertz CT molecular complexity index is 976. The van der Waals surface area contributed by atoms with Gasteiger partial charge in [-0.15, -0.1) is 0 Å². The highest BCUT2D eigenvalue weighted by molar-refractivity contribution is 5.76. The van der Waals surface area contributed by atoms with Crippen molar-refractivity contribution in [2.24, 2.45) is 0 Å². The topological polar surface area (TPSA) is 46.2 Å². The van der Waals surface area contributed by atoms with Crippen molar-refractivity contribution in [3.05, 3.63) is 72.1 Å². The molecule has 4 heteroatoms. The maximum atomic E-state index is 5.31. The van der Waals surface area contributed by atoms with Gasteiger partial charge < -0.3 is 15.4 Å². The molecule has 0 spiro atoms. The molecule has 1 aromatic heterocycles. The number of methoxy groups -OCH3 is 1. The van der Waals surface area contributed by atoms with Gasteiger partial charge in [0.05, 0.1) is 24.2 Å². The Morgan fingerprint density at radius 2 is 1.59 bits per heavy atom. The average Bonchev–Trinajstić information content (AvgIpc) is 3.23. The van der Waals surface area contributed by atoms with Crippen LogP contribution < -0.4 is 15.4 Å². The second-order valence-electron chi connectivity index (χ2n) is 8.06. The normalized spacial score (nSPS) is 18.6. The van der Waals surface area contributed by atoms with Crippen LogP contribution in [-0.2, 0) is 0 Å². The average molecular weight is 386 g/mol. The predicted molar refractivity (Wildman–Crippen MR) is 118 cm³/mol. The maximum absolute atomic E-state index is 5.31. The van der Waals surface area contributed by atoms with Gasteiger partial charge in [0.1, 0.15) is 11.9 Å². The molecule has 1 fully saturated rings. The minimum absolute atomic E-state index is 0.0279. The second-order valence-corrected chi connectivity index (χ2v) is 8.06. The summed E-state index contributed by atoms with van der Waals surface area (Å²) in [4.78, 5) is 4.72. The third-order valence-electron chi connectivity index (χ3n) is 6.23. The van der Waals surface area contributed by atoms with Gasteiger partial charge in [-0.1, -0.05) is 49.6 Å². The van der Waals surface area contributed by atoms with E-state index in [2.05, 4.69) is 47.0 Å². The zero-order valence-electron chi connectivity index (χ0n) is 16.8. The fourth-order valence-corrected chi connectivity index (χ4v) is 4.52. The Hall–Kier alpha value is -3.01. The zero-order valence-corrected chi connectivity index (χ0v) is 16.8. The first-order chi connectivity index (χ1) is 14.3. The summed E-state index contributed by atoms with van der Waals surface area (Å²) in [5.41, 5.74) is 6.96. The molecule has 2 aliphatic rings. The minimum atomic E-state index is -0.0279. The number of aromatic nitrogens is 1. The molecule has 0 bridgehead atoms. The van der Waals surface area contributed by atoms with Crippen LogP contribution in [0.15, 0.2) is 60.8 Å². The molecule has 3 aromatic rings. The zero-order chi connectivity index (χ0) is 19.6. The van der Waals surface area contributed by atoms with Crippen LogP contribution in [0.4, 0.5) is 11.4 Å². The van der Waals surface area contributed by atoms with Crippen molar-refractivity contribution in [1.82, 2.24) is 4.98 Å². The SMILES string of the molecule is COc1ccc2c(c1)NC(c1ccc(-c3ccc(C4CCCCC4)cc3)cn1)N2. The number of nitrogens with one attached hydrogen (secondary N) is 2. The van der Waals surface area contributed by atoms with Crippen molar-refractivity contribution in [3.63, 3.8) is 0 Å². The number of nitrogens with zero attached hydrogens (tertiary/aromatic N) is 1. The standard InChI is InChI=1S/C25H27N3O/c1-29-21-12-14-22-24(15-21)28-25(27-22)23-13-11-20(16-26-23)19-9-7-18(8-10-19)17-5-3-2-4-6-17/h7-17,25,27-28H,2-6H2,1H3. The first-order valence-electron chi connectivity index (χ1n) is 10.6. The number of ether oxygens (including phenoxy) is 1. The van der Waals surface area contributed by atoms with E-state index in [0.29, 0.717) is 0 Å². The van der Waals surface area contributed by atoms with E-state index >= 15 is 0 Å². The third-order valence-corrected chi connectivity index (χ3v) is 6.23. The highest BCUT2D eigenvalue weighted by Gasteiger charge is 2.22. The van der Waals surface area contributed by atoms with E-state index in [0.717, 1.165) is 34.3 Å². The number of benzene rings is 2. The number of anilines is 2. The molecule has 29 heavy (non-hydrogen) atoms. The Morgan fingerprint density at radius 3 is 2.31 bits per heavy atom. The number of fused-ring (bicyclic) bond motifs is 1. The van der Waals surface area contributed by atoms with E-state index in [4.69, 9.17) is 9.72 Å². The predicted octanol–water partition coefficient (Wildman–Crippen LogP) is 6.34. The summed E-state index contributed by atoms with van der Waals surface area (Å²) in [6.45, 7) is 0. The highest BCUT2D eigenvalue weighted by atomic mass is 16.5. The summed E-state index contributed by atoms with van der Waals surface area (Å²) >= 11 is 0. The highest BCUT2D eigenvalue weighted by Crippen LogP contribution is 2.37. The molecule has 1 unspecified atom stereocenters. The van der Waals surface area contributed by atoms with Crippen molar-refractivity contribution in [2.75, 3.05) is 17.7 Å². The van der Waals surface area contributed by atoms with E-state index < -0.39 is 0 Å². The molecule has 2 aromatic carbocycles. The van der Waals surface area contributed by atoms with Crippen molar-refractivity contribution < 1.29 is 4.74 Å². The van der Waals surface area contributed by atoms with Gasteiger partial charge in [0.15, 0.2) is 0 Å². The lowest BCUT2D eigenvalue weighted by molar-refractivity contribution is 0.415. The van der Waals surface area contributed by atoms with Crippen LogP contribution in [0.2, 0.25) is 0 Å². The van der Waals surface area contributed by atoms with Crippen molar-refractivity contribution in [3.8, 4) is 16.9 Å². The van der Waals surface area contributed by atoms with Crippen molar-refractivity contribution in [2.45, 2.75) is 44.2 Å². The molecule has 1 aliphatic carbocycles. The Balaban J connectivity index is 1.29. The molecule has 1 aliphatic heterocycles. The lowest BCUT2D eigenvalue weighted by atomic mass is 9.84. The lowest BCUT2D eigenvalue weighted by Crippen LogP contribution is -2.13. The van der Waals surface area contributed by atoms with Gasteiger partial charge in [-0.25, -0.2) is 0 Å². The molecule has 1 atom stereocenters. The van der Waals surface area contributed by atoms with Crippen LogP contribution >= 0.6 is 0 Å². The van der Waals surface area contributed by atoms with Gasteiger partial charge in [-0.2, -0.15) is 0 Å². The maximum Gasteiger partial charge on any atom is 0.141 e. The van der Waals surface area contributed by atoms with Crippen LogP contribution in [0.25, 0.3) is 11.1 Å². The molecule has 4 nitrogen and oxygen atoms in total. The molecule has 148 valence electrons. The molecular formula is C25H27N3O. The molecule has 0 amide bonds. The van der Waals surface area contributed by atoms with E-state index in [1.54, 1.807) is 7.11 Å². The van der Waals surface area contributed by atoms with Gasteiger partial charge in [0, 0.05) is 17.8 Å². The first-order valence-corrected chi connectivity index (χ1v) is 10.6. The lowest BCUT2D eigenvalue weighted by Gasteiger charge is -2.22. The first kappa shape index (κ1) is 18.0. The van der Waals surface area contributed by atoms with Gasteiger partial charge >= 0.3 is 0 Å². The fraction of sp³-hybridized carbons (Fsp3) is 0.320. The molecule has 0 radical (unpaired) electrons. The summed E-state index contributed by atoms with van der Waals surface area (Å²) < 4.78 is 5.31. The van der Waals surface area contributed by atoms with E-state index in [9.17, 15) is 0 Å². The molecule has 0 saturated heterocycles. The van der Waals surface area contributed by atoms with Crippen LogP contribution in [0.5, 0.6) is 5.75 Å². The Labute approximate surface area is 172 Å². The smallest absolute Gasteiger partial charge is 0.141 e. The number of hydrogen-bond acceptors (Lipinski definition) is 4. The van der Waals surface area contributed by atoms with Gasteiger partial charge in [0.25, 0.3) is 0 Å². The second kappa shape index (κ2) is 7.78. The van der Waals surface area contributed by atoms with Crippen molar-refractivity contribution in [1.29, 1.82) is 0 Å². The number of pyridine rings is 1. The largest absolute Gasteiger partial charge is 0.497 e. The van der Waals surface area contributed by atoms with Gasteiger partial charge in [-0.05, 0) is 48.1 Å². The fourth-order valence-electron chi connectivity index (χ4n) is 4.52. The molecule has 5 rings (SSSR count). The van der Waals surface area contributed by atoms with Crippen LogP contribution in [-0.4, -0.2) is 12.1 Å².